The van der Waals surface area contributed by atoms with Gasteiger partial charge in [0.2, 0.25) is 0 Å². The van der Waals surface area contributed by atoms with Crippen molar-refractivity contribution in [2.24, 2.45) is 7.05 Å². The normalized spacial score (nSPS) is 11.8. The number of aromatic nitrogens is 2. The van der Waals surface area contributed by atoms with Crippen molar-refractivity contribution in [3.63, 3.8) is 0 Å². The number of aryl methyl sites for hydroxylation is 1. The number of carbonyl (C=O) groups is 1. The highest BCUT2D eigenvalue weighted by atomic mass is 16.5. The molecular formula is C30H33N3O3. The van der Waals surface area contributed by atoms with E-state index in [0.29, 0.717) is 17.7 Å². The molecule has 6 nitrogen and oxygen atoms in total. The number of unbranched alkanes of at least 4 members (excludes halogenated alkanes) is 1. The summed E-state index contributed by atoms with van der Waals surface area (Å²) in [4.78, 5) is 26.1. The second-order valence-corrected chi connectivity index (χ2v) is 9.03. The molecule has 0 aliphatic carbocycles. The number of rotatable bonds is 9. The van der Waals surface area contributed by atoms with E-state index >= 15 is 0 Å². The van der Waals surface area contributed by atoms with Crippen molar-refractivity contribution in [2.75, 3.05) is 11.9 Å². The maximum Gasteiger partial charge on any atom is 0.338 e. The standard InChI is InChI=1S/C30H33N3O3/c1-5-6-20-36-30(35)24-16-18-25(19-17-24)31-28(23-14-12-21(2)13-15-23)27-22(3)32(4)33(29(27)34)26-10-8-7-9-11-26/h7-19,28,31H,5-6,20H2,1-4H3. The number of esters is 1. The van der Waals surface area contributed by atoms with E-state index in [1.807, 2.05) is 92.3 Å². The minimum absolute atomic E-state index is 0.0737. The molecule has 0 aliphatic heterocycles. The molecule has 0 radical (unpaired) electrons. The molecule has 1 N–H and O–H groups in total. The number of nitrogens with one attached hydrogen (secondary N) is 1. The van der Waals surface area contributed by atoms with Gasteiger partial charge in [0.15, 0.2) is 0 Å². The molecule has 6 heteroatoms. The first-order valence-corrected chi connectivity index (χ1v) is 12.3. The van der Waals surface area contributed by atoms with Gasteiger partial charge in [-0.3, -0.25) is 9.48 Å². The van der Waals surface area contributed by atoms with E-state index in [1.165, 1.54) is 0 Å². The van der Waals surface area contributed by atoms with Gasteiger partial charge in [0.25, 0.3) is 5.56 Å². The van der Waals surface area contributed by atoms with Gasteiger partial charge < -0.3 is 10.1 Å². The number of hydrogen-bond donors (Lipinski definition) is 1. The molecule has 4 rings (SSSR count). The number of benzene rings is 3. The molecule has 0 saturated heterocycles. The zero-order chi connectivity index (χ0) is 25.7. The predicted octanol–water partition coefficient (Wildman–Crippen LogP) is 5.95. The maximum atomic E-state index is 13.8. The highest BCUT2D eigenvalue weighted by Crippen LogP contribution is 2.28. The van der Waals surface area contributed by atoms with E-state index < -0.39 is 0 Å². The second-order valence-electron chi connectivity index (χ2n) is 9.03. The average molecular weight is 484 g/mol. The summed E-state index contributed by atoms with van der Waals surface area (Å²) in [7, 11) is 1.90. The SMILES string of the molecule is CCCCOC(=O)c1ccc(NC(c2ccc(C)cc2)c2c(C)n(C)n(-c3ccccc3)c2=O)cc1. The third-order valence-electron chi connectivity index (χ3n) is 6.46. The van der Waals surface area contributed by atoms with Crippen LogP contribution >= 0.6 is 0 Å². The Morgan fingerprint density at radius 2 is 1.61 bits per heavy atom. The molecule has 0 spiro atoms. The zero-order valence-electron chi connectivity index (χ0n) is 21.3. The van der Waals surface area contributed by atoms with Gasteiger partial charge in [-0.25, -0.2) is 9.48 Å². The van der Waals surface area contributed by atoms with Crippen molar-refractivity contribution >= 4 is 11.7 Å². The molecule has 0 amide bonds. The van der Waals surface area contributed by atoms with Gasteiger partial charge in [0.05, 0.1) is 29.5 Å². The van der Waals surface area contributed by atoms with Crippen LogP contribution in [0.2, 0.25) is 0 Å². The molecule has 1 aromatic heterocycles. The lowest BCUT2D eigenvalue weighted by molar-refractivity contribution is 0.0500. The lowest BCUT2D eigenvalue weighted by Crippen LogP contribution is -2.24. The van der Waals surface area contributed by atoms with Crippen molar-refractivity contribution in [3.8, 4) is 5.69 Å². The fourth-order valence-electron chi connectivity index (χ4n) is 4.26. The Kier molecular flexibility index (Phi) is 7.74. The number of nitrogens with zero attached hydrogens (tertiary/aromatic N) is 2. The third kappa shape index (κ3) is 5.28. The van der Waals surface area contributed by atoms with Crippen LogP contribution < -0.4 is 10.9 Å². The molecule has 4 aromatic rings. The average Bonchev–Trinajstić information content (AvgIpc) is 3.11. The molecule has 0 fully saturated rings. The Morgan fingerprint density at radius 1 is 0.944 bits per heavy atom. The van der Waals surface area contributed by atoms with Gasteiger partial charge in [0.1, 0.15) is 0 Å². The second kappa shape index (κ2) is 11.1. The minimum atomic E-state index is -0.378. The predicted molar refractivity (Wildman–Crippen MR) is 144 cm³/mol. The van der Waals surface area contributed by atoms with Crippen LogP contribution in [0.5, 0.6) is 0 Å². The third-order valence-corrected chi connectivity index (χ3v) is 6.46. The van der Waals surface area contributed by atoms with Crippen molar-refractivity contribution in [1.82, 2.24) is 9.36 Å². The summed E-state index contributed by atoms with van der Waals surface area (Å²) in [5, 5.41) is 3.54. The van der Waals surface area contributed by atoms with Crippen LogP contribution in [0.4, 0.5) is 5.69 Å². The summed E-state index contributed by atoms with van der Waals surface area (Å²) in [6.45, 7) is 6.49. The van der Waals surface area contributed by atoms with Crippen LogP contribution in [0.1, 0.15) is 58.5 Å². The fourth-order valence-corrected chi connectivity index (χ4v) is 4.26. The summed E-state index contributed by atoms with van der Waals surface area (Å²) in [5.74, 6) is -0.324. The Hall–Kier alpha value is -4.06. The number of carbonyl (C=O) groups excluding carboxylic acids is 1. The maximum absolute atomic E-state index is 13.8. The Labute approximate surface area is 212 Å². The fraction of sp³-hybridized carbons (Fsp3) is 0.267. The van der Waals surface area contributed by atoms with Gasteiger partial charge in [-0.1, -0.05) is 61.4 Å². The van der Waals surface area contributed by atoms with Crippen LogP contribution in [0.25, 0.3) is 5.69 Å². The van der Waals surface area contributed by atoms with Gasteiger partial charge >= 0.3 is 5.97 Å². The van der Waals surface area contributed by atoms with Crippen molar-refractivity contribution in [3.05, 3.63) is 117 Å². The molecule has 1 atom stereocenters. The minimum Gasteiger partial charge on any atom is -0.462 e. The lowest BCUT2D eigenvalue weighted by Gasteiger charge is -2.20. The summed E-state index contributed by atoms with van der Waals surface area (Å²) in [6, 6.07) is 24.7. The van der Waals surface area contributed by atoms with Gasteiger partial charge in [-0.05, 0) is 62.2 Å². The summed E-state index contributed by atoms with van der Waals surface area (Å²) in [5.41, 5.74) is 5.73. The number of ether oxygens (including phenoxy) is 1. The van der Waals surface area contributed by atoms with Crippen LogP contribution in [0, 0.1) is 13.8 Å². The summed E-state index contributed by atoms with van der Waals surface area (Å²) >= 11 is 0. The number of hydrogen-bond acceptors (Lipinski definition) is 4. The Morgan fingerprint density at radius 3 is 2.25 bits per heavy atom. The molecular weight excluding hydrogens is 450 g/mol. The van der Waals surface area contributed by atoms with E-state index in [-0.39, 0.29) is 17.6 Å². The van der Waals surface area contributed by atoms with Crippen LogP contribution in [0.15, 0.2) is 83.7 Å². The van der Waals surface area contributed by atoms with Crippen LogP contribution in [0.3, 0.4) is 0 Å². The summed E-state index contributed by atoms with van der Waals surface area (Å²) < 4.78 is 8.91. The topological polar surface area (TPSA) is 65.3 Å². The van der Waals surface area contributed by atoms with Crippen LogP contribution in [-0.4, -0.2) is 21.9 Å². The molecule has 1 unspecified atom stereocenters. The number of anilines is 1. The van der Waals surface area contributed by atoms with Crippen LogP contribution in [-0.2, 0) is 11.8 Å². The van der Waals surface area contributed by atoms with Gasteiger partial charge in [-0.2, -0.15) is 0 Å². The highest BCUT2D eigenvalue weighted by molar-refractivity contribution is 5.89. The van der Waals surface area contributed by atoms with E-state index in [4.69, 9.17) is 4.74 Å². The highest BCUT2D eigenvalue weighted by Gasteiger charge is 2.25. The van der Waals surface area contributed by atoms with Crippen molar-refractivity contribution in [1.29, 1.82) is 0 Å². The molecule has 186 valence electrons. The molecule has 0 saturated carbocycles. The lowest BCUT2D eigenvalue weighted by atomic mass is 9.97. The monoisotopic (exact) mass is 483 g/mol. The van der Waals surface area contributed by atoms with E-state index in [2.05, 4.69) is 12.2 Å². The molecule has 1 heterocycles. The Balaban J connectivity index is 1.71. The molecule has 3 aromatic carbocycles. The van der Waals surface area contributed by atoms with Gasteiger partial charge in [-0.15, -0.1) is 0 Å². The first kappa shape index (κ1) is 25.0. The van der Waals surface area contributed by atoms with Crippen molar-refractivity contribution in [2.45, 2.75) is 39.7 Å². The largest absolute Gasteiger partial charge is 0.462 e. The quantitative estimate of drug-likeness (QED) is 0.236. The molecule has 36 heavy (non-hydrogen) atoms. The van der Waals surface area contributed by atoms with E-state index in [0.717, 1.165) is 41.0 Å². The first-order valence-electron chi connectivity index (χ1n) is 12.3. The van der Waals surface area contributed by atoms with Crippen molar-refractivity contribution < 1.29 is 9.53 Å². The zero-order valence-corrected chi connectivity index (χ0v) is 21.3. The van der Waals surface area contributed by atoms with E-state index in [9.17, 15) is 9.59 Å². The summed E-state index contributed by atoms with van der Waals surface area (Å²) in [6.07, 6.45) is 1.82. The number of para-hydroxylation sites is 1. The first-order chi connectivity index (χ1) is 17.4. The smallest absolute Gasteiger partial charge is 0.338 e. The molecule has 0 bridgehead atoms. The van der Waals surface area contributed by atoms with E-state index in [1.54, 1.807) is 16.8 Å². The van der Waals surface area contributed by atoms with Gasteiger partial charge in [0, 0.05) is 18.4 Å². The Bertz CT molecular complexity index is 1370. The molecule has 0 aliphatic rings.